The lowest BCUT2D eigenvalue weighted by Gasteiger charge is -2.30. The normalized spacial score (nSPS) is 18.1. The molecule has 1 aliphatic carbocycles. The lowest BCUT2D eigenvalue weighted by Crippen LogP contribution is -2.33. The molecule has 3 rings (SSSR count). The Kier molecular flexibility index (Phi) is 6.36. The molecule has 1 saturated heterocycles. The highest BCUT2D eigenvalue weighted by molar-refractivity contribution is 7.90. The Morgan fingerprint density at radius 2 is 1.89 bits per heavy atom. The minimum absolute atomic E-state index is 0.117. The van der Waals surface area contributed by atoms with Crippen LogP contribution in [0.5, 0.6) is 5.75 Å². The fourth-order valence-electron chi connectivity index (χ4n) is 3.35. The summed E-state index contributed by atoms with van der Waals surface area (Å²) < 4.78 is 31.5. The van der Waals surface area contributed by atoms with Crippen molar-refractivity contribution in [2.24, 2.45) is 0 Å². The number of likely N-dealkylation sites (tertiary alicyclic amines) is 1. The number of hydrogen-bond acceptors (Lipinski definition) is 5. The number of ether oxygens (including phenoxy) is 1. The number of carbonyl (C=O) groups is 2. The van der Waals surface area contributed by atoms with Crippen molar-refractivity contribution >= 4 is 22.3 Å². The summed E-state index contributed by atoms with van der Waals surface area (Å²) >= 11 is 0. The maximum Gasteiger partial charge on any atom is 0.237 e. The highest BCUT2D eigenvalue weighted by Crippen LogP contribution is 2.34. The summed E-state index contributed by atoms with van der Waals surface area (Å²) in [5.74, 6) is 0.678. The molecule has 1 aliphatic heterocycles. The number of sulfonamides is 1. The predicted octanol–water partition coefficient (Wildman–Crippen LogP) is 1.79. The van der Waals surface area contributed by atoms with Crippen LogP contribution < -0.4 is 9.46 Å². The molecule has 2 amide bonds. The molecule has 0 spiro atoms. The van der Waals surface area contributed by atoms with Crippen molar-refractivity contribution in [3.05, 3.63) is 29.8 Å². The second-order valence-electron chi connectivity index (χ2n) is 7.18. The maximum absolute atomic E-state index is 11.8. The van der Waals surface area contributed by atoms with Gasteiger partial charge < -0.3 is 9.64 Å². The molecule has 1 aromatic rings. The number of benzene rings is 1. The van der Waals surface area contributed by atoms with E-state index in [1.54, 1.807) is 4.90 Å². The van der Waals surface area contributed by atoms with Gasteiger partial charge in [-0.3, -0.25) is 14.3 Å². The summed E-state index contributed by atoms with van der Waals surface area (Å²) in [5.41, 5.74) is 1.13. The molecule has 0 atom stereocenters. The van der Waals surface area contributed by atoms with E-state index in [1.807, 2.05) is 24.3 Å². The standard InChI is InChI=1S/C19H26N2O5S/c22-14-21-11-9-15(10-12-21)17-4-1-2-5-18(17)26-13-3-6-19(23)20-27(24,25)16-7-8-16/h1-2,4-5,14-16H,3,6-13H2,(H,20,23). The summed E-state index contributed by atoms with van der Waals surface area (Å²) in [6, 6.07) is 7.85. The molecule has 148 valence electrons. The van der Waals surface area contributed by atoms with Crippen LogP contribution in [0.2, 0.25) is 0 Å². The van der Waals surface area contributed by atoms with Gasteiger partial charge in [-0.1, -0.05) is 18.2 Å². The van der Waals surface area contributed by atoms with Gasteiger partial charge in [-0.25, -0.2) is 8.42 Å². The first kappa shape index (κ1) is 19.7. The van der Waals surface area contributed by atoms with Crippen LogP contribution in [0, 0.1) is 0 Å². The van der Waals surface area contributed by atoms with Crippen LogP contribution in [0.1, 0.15) is 50.0 Å². The first-order valence-corrected chi connectivity index (χ1v) is 11.0. The second-order valence-corrected chi connectivity index (χ2v) is 9.14. The van der Waals surface area contributed by atoms with E-state index in [9.17, 15) is 18.0 Å². The van der Waals surface area contributed by atoms with Crippen LogP contribution in [-0.2, 0) is 19.6 Å². The third-order valence-corrected chi connectivity index (χ3v) is 6.92. The van der Waals surface area contributed by atoms with E-state index >= 15 is 0 Å². The molecule has 8 heteroatoms. The zero-order chi connectivity index (χ0) is 19.3. The average molecular weight is 394 g/mol. The highest BCUT2D eigenvalue weighted by atomic mass is 32.2. The first-order valence-electron chi connectivity index (χ1n) is 9.45. The number of hydrogen-bond donors (Lipinski definition) is 1. The van der Waals surface area contributed by atoms with E-state index in [0.717, 1.165) is 43.7 Å². The van der Waals surface area contributed by atoms with Crippen molar-refractivity contribution in [2.45, 2.75) is 49.7 Å². The van der Waals surface area contributed by atoms with Gasteiger partial charge in [-0.05, 0) is 49.7 Å². The van der Waals surface area contributed by atoms with Gasteiger partial charge in [-0.2, -0.15) is 0 Å². The van der Waals surface area contributed by atoms with Crippen LogP contribution in [0.25, 0.3) is 0 Å². The van der Waals surface area contributed by atoms with Crippen molar-refractivity contribution in [1.82, 2.24) is 9.62 Å². The number of piperidine rings is 1. The van der Waals surface area contributed by atoms with E-state index < -0.39 is 21.2 Å². The fourth-order valence-corrected chi connectivity index (χ4v) is 4.69. The van der Waals surface area contributed by atoms with Gasteiger partial charge in [0.25, 0.3) is 0 Å². The molecule has 1 saturated carbocycles. The molecule has 2 fully saturated rings. The summed E-state index contributed by atoms with van der Waals surface area (Å²) in [5, 5.41) is -0.393. The minimum Gasteiger partial charge on any atom is -0.493 e. The number of carbonyl (C=O) groups excluding carboxylic acids is 2. The van der Waals surface area contributed by atoms with E-state index in [0.29, 0.717) is 31.8 Å². The van der Waals surface area contributed by atoms with Gasteiger partial charge in [-0.15, -0.1) is 0 Å². The highest BCUT2D eigenvalue weighted by Gasteiger charge is 2.36. The van der Waals surface area contributed by atoms with Crippen molar-refractivity contribution in [3.8, 4) is 5.75 Å². The monoisotopic (exact) mass is 394 g/mol. The molecule has 0 aromatic heterocycles. The summed E-state index contributed by atoms with van der Waals surface area (Å²) in [4.78, 5) is 24.4. The van der Waals surface area contributed by atoms with E-state index in [4.69, 9.17) is 4.74 Å². The number of nitrogens with zero attached hydrogens (tertiary/aromatic N) is 1. The van der Waals surface area contributed by atoms with Gasteiger partial charge in [0.1, 0.15) is 5.75 Å². The van der Waals surface area contributed by atoms with Crippen molar-refractivity contribution in [1.29, 1.82) is 0 Å². The minimum atomic E-state index is -3.47. The lowest BCUT2D eigenvalue weighted by atomic mass is 9.89. The van der Waals surface area contributed by atoms with Crippen LogP contribution in [-0.4, -0.2) is 50.6 Å². The molecular weight excluding hydrogens is 368 g/mol. The van der Waals surface area contributed by atoms with Crippen molar-refractivity contribution in [3.63, 3.8) is 0 Å². The molecule has 0 bridgehead atoms. The molecule has 1 aromatic carbocycles. The molecule has 2 aliphatic rings. The van der Waals surface area contributed by atoms with Crippen LogP contribution in [0.3, 0.4) is 0 Å². The zero-order valence-electron chi connectivity index (χ0n) is 15.3. The third kappa shape index (κ3) is 5.45. The van der Waals surface area contributed by atoms with E-state index in [1.165, 1.54) is 0 Å². The van der Waals surface area contributed by atoms with Gasteiger partial charge in [0, 0.05) is 19.5 Å². The predicted molar refractivity (Wildman–Crippen MR) is 101 cm³/mol. The molecule has 1 heterocycles. The van der Waals surface area contributed by atoms with E-state index in [2.05, 4.69) is 4.72 Å². The van der Waals surface area contributed by atoms with Gasteiger partial charge >= 0.3 is 0 Å². The lowest BCUT2D eigenvalue weighted by molar-refractivity contribution is -0.120. The molecule has 27 heavy (non-hydrogen) atoms. The van der Waals surface area contributed by atoms with Crippen molar-refractivity contribution < 1.29 is 22.7 Å². The Hall–Kier alpha value is -2.09. The fraction of sp³-hybridized carbons (Fsp3) is 0.579. The van der Waals surface area contributed by atoms with Gasteiger partial charge in [0.2, 0.25) is 22.3 Å². The molecule has 0 radical (unpaired) electrons. The Morgan fingerprint density at radius 1 is 1.19 bits per heavy atom. The number of rotatable bonds is 9. The number of para-hydroxylation sites is 1. The molecule has 1 N–H and O–H groups in total. The Labute approximate surface area is 160 Å². The van der Waals surface area contributed by atoms with Crippen LogP contribution in [0.15, 0.2) is 24.3 Å². The Morgan fingerprint density at radius 3 is 2.56 bits per heavy atom. The molecular formula is C19H26N2O5S. The van der Waals surface area contributed by atoms with Crippen LogP contribution >= 0.6 is 0 Å². The second kappa shape index (κ2) is 8.73. The number of amides is 2. The van der Waals surface area contributed by atoms with Crippen LogP contribution in [0.4, 0.5) is 0 Å². The largest absolute Gasteiger partial charge is 0.493 e. The SMILES string of the molecule is O=CN1CCC(c2ccccc2OCCCC(=O)NS(=O)(=O)C2CC2)CC1. The third-order valence-electron chi connectivity index (χ3n) is 5.06. The van der Waals surface area contributed by atoms with Gasteiger partial charge in [0.15, 0.2) is 0 Å². The molecule has 7 nitrogen and oxygen atoms in total. The van der Waals surface area contributed by atoms with Gasteiger partial charge in [0.05, 0.1) is 11.9 Å². The maximum atomic E-state index is 11.8. The van der Waals surface area contributed by atoms with E-state index in [-0.39, 0.29) is 6.42 Å². The smallest absolute Gasteiger partial charge is 0.237 e. The topological polar surface area (TPSA) is 92.8 Å². The molecule has 0 unspecified atom stereocenters. The quantitative estimate of drug-likeness (QED) is 0.509. The average Bonchev–Trinajstić information content (AvgIpc) is 3.51. The summed E-state index contributed by atoms with van der Waals surface area (Å²) in [7, 11) is -3.47. The summed E-state index contributed by atoms with van der Waals surface area (Å²) in [6.45, 7) is 1.84. The number of nitrogens with one attached hydrogen (secondary N) is 1. The summed E-state index contributed by atoms with van der Waals surface area (Å²) in [6.07, 6.45) is 4.53. The Bertz CT molecular complexity index is 768. The first-order chi connectivity index (χ1) is 13.0. The zero-order valence-corrected chi connectivity index (χ0v) is 16.1. The van der Waals surface area contributed by atoms with Crippen molar-refractivity contribution in [2.75, 3.05) is 19.7 Å². The Balaban J connectivity index is 1.46.